The number of pyridine rings is 1. The molecule has 272 valence electrons. The Balaban J connectivity index is 1.05. The monoisotopic (exact) mass is 732 g/mol. The zero-order chi connectivity index (χ0) is 38.1. The summed E-state index contributed by atoms with van der Waals surface area (Å²) in [5.74, 6) is 1.05. The molecular weight excluding hydrogens is 693 g/mol. The van der Waals surface area contributed by atoms with Crippen molar-refractivity contribution >= 4 is 44.4 Å². The smallest absolute Gasteiger partial charge is 0.143 e. The Morgan fingerprint density at radius 3 is 2.02 bits per heavy atom. The second-order valence-corrected chi connectivity index (χ2v) is 15.8. The molecule has 0 aliphatic heterocycles. The van der Waals surface area contributed by atoms with Crippen molar-refractivity contribution in [2.45, 2.75) is 32.1 Å². The highest BCUT2D eigenvalue weighted by atomic mass is 16.3. The molecule has 0 amide bonds. The maximum Gasteiger partial charge on any atom is 0.143 e. The van der Waals surface area contributed by atoms with E-state index in [9.17, 15) is 0 Å². The number of rotatable bonds is 6. The Bertz CT molecular complexity index is 3010. The first-order chi connectivity index (χ1) is 28.0. The summed E-state index contributed by atoms with van der Waals surface area (Å²) >= 11 is 0. The molecule has 0 saturated heterocycles. The average Bonchev–Trinajstić information content (AvgIpc) is 3.78. The van der Waals surface area contributed by atoms with Crippen LogP contribution in [0.2, 0.25) is 0 Å². The summed E-state index contributed by atoms with van der Waals surface area (Å²) in [5, 5.41) is 3.59. The maximum absolute atomic E-state index is 6.92. The standard InChI is InChI=1S/C54H40N2O/c1-54(2)48-19-9-8-17-45(48)46-30-29-42(33-49(46)54)56(40-25-21-36(22-26-40)35-12-4-3-5-13-35)41-27-23-37(24-28-41)47-32-38-14-6-7-16-43(38)52-51-44(39-15-11-31-55-34-39)18-10-20-50(51)57-53(47)52/h3-9,11-19,21-34H,10,20H2,1-2H3. The number of hydrogen-bond acceptors (Lipinski definition) is 3. The number of anilines is 3. The summed E-state index contributed by atoms with van der Waals surface area (Å²) in [7, 11) is 0. The molecule has 3 heteroatoms. The Labute approximate surface area is 333 Å². The van der Waals surface area contributed by atoms with Gasteiger partial charge in [-0.15, -0.1) is 0 Å². The van der Waals surface area contributed by atoms with Gasteiger partial charge >= 0.3 is 0 Å². The van der Waals surface area contributed by atoms with Crippen molar-refractivity contribution in [3.8, 4) is 33.4 Å². The predicted molar refractivity (Wildman–Crippen MR) is 236 cm³/mol. The molecule has 0 unspecified atom stereocenters. The molecule has 7 aromatic carbocycles. The van der Waals surface area contributed by atoms with Crippen molar-refractivity contribution in [2.24, 2.45) is 0 Å². The highest BCUT2D eigenvalue weighted by Crippen LogP contribution is 2.51. The minimum atomic E-state index is -0.107. The van der Waals surface area contributed by atoms with Gasteiger partial charge in [0.05, 0.1) is 0 Å². The molecule has 2 aliphatic carbocycles. The summed E-state index contributed by atoms with van der Waals surface area (Å²) in [6, 6.07) is 59.6. The van der Waals surface area contributed by atoms with Gasteiger partial charge in [-0.2, -0.15) is 0 Å². The Hall–Kier alpha value is -6.97. The SMILES string of the molecule is CC1(C)c2ccccc2-c2ccc(N(c3ccc(-c4ccccc4)cc3)c3ccc(-c4cc5ccccc5c5c6c(oc45)CCC=C6c4cccnc4)cc3)cc21. The molecule has 2 heterocycles. The van der Waals surface area contributed by atoms with Gasteiger partial charge in [0.1, 0.15) is 11.3 Å². The number of aromatic nitrogens is 1. The summed E-state index contributed by atoms with van der Waals surface area (Å²) in [5.41, 5.74) is 17.7. The van der Waals surface area contributed by atoms with Crippen LogP contribution >= 0.6 is 0 Å². The van der Waals surface area contributed by atoms with E-state index in [4.69, 9.17) is 4.42 Å². The van der Waals surface area contributed by atoms with Crippen LogP contribution < -0.4 is 4.90 Å². The molecule has 3 nitrogen and oxygen atoms in total. The van der Waals surface area contributed by atoms with E-state index < -0.39 is 0 Å². The summed E-state index contributed by atoms with van der Waals surface area (Å²) in [4.78, 5) is 6.86. The van der Waals surface area contributed by atoms with Crippen LogP contribution in [-0.2, 0) is 11.8 Å². The van der Waals surface area contributed by atoms with Crippen molar-refractivity contribution in [3.05, 3.63) is 210 Å². The van der Waals surface area contributed by atoms with Gasteiger partial charge in [-0.05, 0) is 110 Å². The van der Waals surface area contributed by atoms with Crippen molar-refractivity contribution in [2.75, 3.05) is 4.90 Å². The van der Waals surface area contributed by atoms with Crippen LogP contribution in [0.5, 0.6) is 0 Å². The van der Waals surface area contributed by atoms with Crippen LogP contribution in [-0.4, -0.2) is 4.98 Å². The highest BCUT2D eigenvalue weighted by Gasteiger charge is 2.36. The molecule has 57 heavy (non-hydrogen) atoms. The van der Waals surface area contributed by atoms with Crippen LogP contribution in [0.1, 0.15) is 48.3 Å². The molecule has 0 atom stereocenters. The number of nitrogens with zero attached hydrogens (tertiary/aromatic N) is 2. The quantitative estimate of drug-likeness (QED) is 0.170. The van der Waals surface area contributed by atoms with Crippen LogP contribution in [0, 0.1) is 0 Å². The molecule has 2 aliphatic rings. The van der Waals surface area contributed by atoms with Gasteiger partial charge in [0, 0.05) is 63.4 Å². The van der Waals surface area contributed by atoms with Gasteiger partial charge in [0.25, 0.3) is 0 Å². The molecule has 0 fully saturated rings. The fourth-order valence-corrected chi connectivity index (χ4v) is 9.41. The zero-order valence-electron chi connectivity index (χ0n) is 32.0. The Morgan fingerprint density at radius 2 is 1.23 bits per heavy atom. The highest BCUT2D eigenvalue weighted by molar-refractivity contribution is 6.17. The Kier molecular flexibility index (Phi) is 7.65. The number of benzene rings is 7. The molecular formula is C54H40N2O. The van der Waals surface area contributed by atoms with Crippen LogP contribution in [0.3, 0.4) is 0 Å². The largest absolute Gasteiger partial charge is 0.460 e. The van der Waals surface area contributed by atoms with Crippen LogP contribution in [0.4, 0.5) is 17.1 Å². The second kappa shape index (κ2) is 13.1. The van der Waals surface area contributed by atoms with E-state index in [1.54, 1.807) is 0 Å². The molecule has 9 aromatic rings. The fourth-order valence-electron chi connectivity index (χ4n) is 9.41. The minimum absolute atomic E-state index is 0.107. The van der Waals surface area contributed by atoms with Crippen molar-refractivity contribution in [1.82, 2.24) is 4.98 Å². The second-order valence-electron chi connectivity index (χ2n) is 15.8. The van der Waals surface area contributed by atoms with Gasteiger partial charge < -0.3 is 9.32 Å². The van der Waals surface area contributed by atoms with E-state index in [0.717, 1.165) is 57.9 Å². The Morgan fingerprint density at radius 1 is 0.561 bits per heavy atom. The summed E-state index contributed by atoms with van der Waals surface area (Å²) in [6.45, 7) is 4.70. The lowest BCUT2D eigenvalue weighted by atomic mass is 9.82. The molecule has 0 radical (unpaired) electrons. The van der Waals surface area contributed by atoms with Crippen molar-refractivity contribution in [1.29, 1.82) is 0 Å². The molecule has 0 bridgehead atoms. The molecule has 2 aromatic heterocycles. The van der Waals surface area contributed by atoms with Crippen LogP contribution in [0.25, 0.3) is 60.7 Å². The summed E-state index contributed by atoms with van der Waals surface area (Å²) < 4.78 is 6.92. The van der Waals surface area contributed by atoms with Crippen LogP contribution in [0.15, 0.2) is 187 Å². The van der Waals surface area contributed by atoms with Gasteiger partial charge in [0.15, 0.2) is 0 Å². The lowest BCUT2D eigenvalue weighted by Gasteiger charge is -2.28. The third-order valence-electron chi connectivity index (χ3n) is 12.2. The van der Waals surface area contributed by atoms with Gasteiger partial charge in [-0.1, -0.05) is 135 Å². The minimum Gasteiger partial charge on any atom is -0.460 e. The lowest BCUT2D eigenvalue weighted by Crippen LogP contribution is -2.16. The number of aryl methyl sites for hydroxylation is 1. The first kappa shape index (κ1) is 33.4. The number of hydrogen-bond donors (Lipinski definition) is 0. The van der Waals surface area contributed by atoms with Gasteiger partial charge in [-0.3, -0.25) is 4.98 Å². The van der Waals surface area contributed by atoms with E-state index in [1.807, 2.05) is 18.5 Å². The average molecular weight is 733 g/mol. The molecule has 0 saturated carbocycles. The first-order valence-electron chi connectivity index (χ1n) is 19.9. The number of allylic oxidation sites excluding steroid dienone is 1. The van der Waals surface area contributed by atoms with E-state index >= 15 is 0 Å². The van der Waals surface area contributed by atoms with E-state index in [-0.39, 0.29) is 5.41 Å². The molecule has 11 rings (SSSR count). The number of furan rings is 1. The van der Waals surface area contributed by atoms with Gasteiger partial charge in [-0.25, -0.2) is 0 Å². The molecule has 0 N–H and O–H groups in total. The number of fused-ring (bicyclic) bond motifs is 8. The topological polar surface area (TPSA) is 29.3 Å². The third-order valence-corrected chi connectivity index (χ3v) is 12.2. The lowest BCUT2D eigenvalue weighted by molar-refractivity contribution is 0.546. The van der Waals surface area contributed by atoms with Crippen molar-refractivity contribution < 1.29 is 4.42 Å². The van der Waals surface area contributed by atoms with Crippen molar-refractivity contribution in [3.63, 3.8) is 0 Å². The third kappa shape index (κ3) is 5.38. The summed E-state index contributed by atoms with van der Waals surface area (Å²) in [6.07, 6.45) is 7.97. The normalized spacial score (nSPS) is 13.9. The zero-order valence-corrected chi connectivity index (χ0v) is 32.0. The first-order valence-corrected chi connectivity index (χ1v) is 19.9. The maximum atomic E-state index is 6.92. The fraction of sp³-hybridized carbons (Fsp3) is 0.0926. The van der Waals surface area contributed by atoms with Gasteiger partial charge in [0.2, 0.25) is 0 Å². The van der Waals surface area contributed by atoms with E-state index in [2.05, 4.69) is 188 Å². The molecule has 0 spiro atoms. The predicted octanol–water partition coefficient (Wildman–Crippen LogP) is 14.5. The van der Waals surface area contributed by atoms with E-state index in [0.29, 0.717) is 0 Å². The van der Waals surface area contributed by atoms with E-state index in [1.165, 1.54) is 60.7 Å².